The molecule has 0 bridgehead atoms. The Morgan fingerprint density at radius 1 is 1.15 bits per heavy atom. The maximum Gasteiger partial charge on any atom is 0.129 e. The lowest BCUT2D eigenvalue weighted by Gasteiger charge is -2.22. The molecule has 0 radical (unpaired) electrons. The number of rotatable bonds is 5. The van der Waals surface area contributed by atoms with Crippen molar-refractivity contribution in [3.05, 3.63) is 63.9 Å². The van der Waals surface area contributed by atoms with E-state index in [4.69, 9.17) is 23.2 Å². The summed E-state index contributed by atoms with van der Waals surface area (Å²) < 4.78 is 0. The highest BCUT2D eigenvalue weighted by molar-refractivity contribution is 6.30. The van der Waals surface area contributed by atoms with Crippen LogP contribution in [0.2, 0.25) is 10.2 Å². The Labute approximate surface area is 128 Å². The molecular formula is C15H16Cl2N2O. The SMILES string of the molecule is CC(NC(CO)c1ccc(Cl)cc1)c1ccnc(Cl)c1. The molecule has 1 heterocycles. The predicted octanol–water partition coefficient (Wildman–Crippen LogP) is 3.77. The fraction of sp³-hybridized carbons (Fsp3) is 0.267. The summed E-state index contributed by atoms with van der Waals surface area (Å²) in [6.45, 7) is 2.02. The van der Waals surface area contributed by atoms with Gasteiger partial charge < -0.3 is 10.4 Å². The molecule has 2 atom stereocenters. The van der Waals surface area contributed by atoms with Crippen LogP contribution >= 0.6 is 23.2 Å². The van der Waals surface area contributed by atoms with Gasteiger partial charge >= 0.3 is 0 Å². The third kappa shape index (κ3) is 3.93. The van der Waals surface area contributed by atoms with Crippen LogP contribution in [0.15, 0.2) is 42.6 Å². The Balaban J connectivity index is 2.11. The molecule has 20 heavy (non-hydrogen) atoms. The van der Waals surface area contributed by atoms with Crippen molar-refractivity contribution in [1.82, 2.24) is 10.3 Å². The van der Waals surface area contributed by atoms with Gasteiger partial charge in [-0.25, -0.2) is 4.98 Å². The minimum Gasteiger partial charge on any atom is -0.394 e. The number of pyridine rings is 1. The van der Waals surface area contributed by atoms with Gasteiger partial charge in [0.2, 0.25) is 0 Å². The molecule has 2 aromatic rings. The zero-order chi connectivity index (χ0) is 14.5. The van der Waals surface area contributed by atoms with Crippen molar-refractivity contribution >= 4 is 23.2 Å². The van der Waals surface area contributed by atoms with Crippen molar-refractivity contribution in [2.24, 2.45) is 0 Å². The van der Waals surface area contributed by atoms with Crippen LogP contribution in [0.3, 0.4) is 0 Å². The third-order valence-corrected chi connectivity index (χ3v) is 3.62. The second-order valence-corrected chi connectivity index (χ2v) is 5.41. The molecule has 1 aromatic carbocycles. The molecule has 0 fully saturated rings. The molecule has 2 N–H and O–H groups in total. The molecule has 0 spiro atoms. The molecule has 0 aliphatic carbocycles. The van der Waals surface area contributed by atoms with Crippen molar-refractivity contribution in [2.45, 2.75) is 19.0 Å². The van der Waals surface area contributed by atoms with E-state index in [9.17, 15) is 5.11 Å². The van der Waals surface area contributed by atoms with Crippen LogP contribution in [-0.4, -0.2) is 16.7 Å². The van der Waals surface area contributed by atoms with E-state index in [2.05, 4.69) is 10.3 Å². The molecule has 2 unspecified atom stereocenters. The first-order valence-corrected chi connectivity index (χ1v) is 7.09. The maximum atomic E-state index is 9.57. The van der Waals surface area contributed by atoms with Gasteiger partial charge in [0.05, 0.1) is 12.6 Å². The number of benzene rings is 1. The Bertz CT molecular complexity index is 560. The van der Waals surface area contributed by atoms with Crippen molar-refractivity contribution in [3.8, 4) is 0 Å². The molecule has 106 valence electrons. The van der Waals surface area contributed by atoms with Crippen LogP contribution in [0.5, 0.6) is 0 Å². The molecule has 0 aliphatic rings. The zero-order valence-corrected chi connectivity index (χ0v) is 12.6. The van der Waals surface area contributed by atoms with Gasteiger partial charge in [0.15, 0.2) is 0 Å². The summed E-state index contributed by atoms with van der Waals surface area (Å²) in [5.41, 5.74) is 2.02. The van der Waals surface area contributed by atoms with Crippen molar-refractivity contribution in [3.63, 3.8) is 0 Å². The maximum absolute atomic E-state index is 9.57. The first-order chi connectivity index (χ1) is 9.60. The van der Waals surface area contributed by atoms with E-state index in [0.717, 1.165) is 11.1 Å². The van der Waals surface area contributed by atoms with Crippen LogP contribution < -0.4 is 5.32 Å². The number of halogens is 2. The summed E-state index contributed by atoms with van der Waals surface area (Å²) in [6, 6.07) is 11.0. The van der Waals surface area contributed by atoms with E-state index >= 15 is 0 Å². The average molecular weight is 311 g/mol. The fourth-order valence-corrected chi connectivity index (χ4v) is 2.34. The summed E-state index contributed by atoms with van der Waals surface area (Å²) >= 11 is 11.8. The molecule has 0 saturated carbocycles. The van der Waals surface area contributed by atoms with Gasteiger partial charge in [-0.1, -0.05) is 35.3 Å². The first-order valence-electron chi connectivity index (χ1n) is 6.34. The highest BCUT2D eigenvalue weighted by Crippen LogP contribution is 2.22. The fourth-order valence-electron chi connectivity index (χ4n) is 2.03. The minimum atomic E-state index is -0.158. The van der Waals surface area contributed by atoms with E-state index in [1.165, 1.54) is 0 Å². The number of nitrogens with one attached hydrogen (secondary N) is 1. The van der Waals surface area contributed by atoms with Crippen LogP contribution in [0.4, 0.5) is 0 Å². The van der Waals surface area contributed by atoms with E-state index < -0.39 is 0 Å². The Hall–Kier alpha value is -1.13. The Morgan fingerprint density at radius 2 is 1.85 bits per heavy atom. The van der Waals surface area contributed by atoms with E-state index in [1.54, 1.807) is 6.20 Å². The average Bonchev–Trinajstić information content (AvgIpc) is 2.45. The van der Waals surface area contributed by atoms with E-state index in [0.29, 0.717) is 10.2 Å². The number of aliphatic hydroxyl groups excluding tert-OH is 1. The topological polar surface area (TPSA) is 45.1 Å². The summed E-state index contributed by atoms with van der Waals surface area (Å²) in [4.78, 5) is 3.96. The molecular weight excluding hydrogens is 295 g/mol. The second kappa shape index (κ2) is 7.04. The second-order valence-electron chi connectivity index (χ2n) is 4.59. The zero-order valence-electron chi connectivity index (χ0n) is 11.1. The lowest BCUT2D eigenvalue weighted by Crippen LogP contribution is -2.27. The number of aromatic nitrogens is 1. The van der Waals surface area contributed by atoms with Crippen LogP contribution in [0.1, 0.15) is 30.1 Å². The third-order valence-electron chi connectivity index (χ3n) is 3.16. The molecule has 0 saturated heterocycles. The molecule has 5 heteroatoms. The highest BCUT2D eigenvalue weighted by atomic mass is 35.5. The molecule has 1 aromatic heterocycles. The number of hydrogen-bond acceptors (Lipinski definition) is 3. The molecule has 0 amide bonds. The lowest BCUT2D eigenvalue weighted by atomic mass is 10.0. The van der Waals surface area contributed by atoms with Gasteiger partial charge in [0.1, 0.15) is 5.15 Å². The van der Waals surface area contributed by atoms with Gasteiger partial charge in [-0.05, 0) is 42.3 Å². The predicted molar refractivity (Wildman–Crippen MR) is 82.1 cm³/mol. The summed E-state index contributed by atoms with van der Waals surface area (Å²) in [6.07, 6.45) is 1.67. The largest absolute Gasteiger partial charge is 0.394 e. The number of nitrogens with zero attached hydrogens (tertiary/aromatic N) is 1. The van der Waals surface area contributed by atoms with Gasteiger partial charge in [0, 0.05) is 17.3 Å². The van der Waals surface area contributed by atoms with Crippen LogP contribution in [-0.2, 0) is 0 Å². The van der Waals surface area contributed by atoms with Crippen LogP contribution in [0.25, 0.3) is 0 Å². The number of hydrogen-bond donors (Lipinski definition) is 2. The van der Waals surface area contributed by atoms with E-state index in [1.807, 2.05) is 43.3 Å². The smallest absolute Gasteiger partial charge is 0.129 e. The van der Waals surface area contributed by atoms with Crippen LogP contribution in [0, 0.1) is 0 Å². The van der Waals surface area contributed by atoms with Gasteiger partial charge in [-0.2, -0.15) is 0 Å². The molecule has 2 rings (SSSR count). The van der Waals surface area contributed by atoms with Crippen molar-refractivity contribution < 1.29 is 5.11 Å². The van der Waals surface area contributed by atoms with E-state index in [-0.39, 0.29) is 18.7 Å². The molecule has 3 nitrogen and oxygen atoms in total. The van der Waals surface area contributed by atoms with Gasteiger partial charge in [0.25, 0.3) is 0 Å². The van der Waals surface area contributed by atoms with Gasteiger partial charge in [-0.3, -0.25) is 0 Å². The number of aliphatic hydroxyl groups is 1. The minimum absolute atomic E-state index is 0.00475. The summed E-state index contributed by atoms with van der Waals surface area (Å²) in [5, 5.41) is 14.1. The Morgan fingerprint density at radius 3 is 2.45 bits per heavy atom. The molecule has 0 aliphatic heterocycles. The Kier molecular flexibility index (Phi) is 5.38. The quantitative estimate of drug-likeness (QED) is 0.826. The monoisotopic (exact) mass is 310 g/mol. The van der Waals surface area contributed by atoms with Gasteiger partial charge in [-0.15, -0.1) is 0 Å². The standard InChI is InChI=1S/C15H16Cl2N2O/c1-10(12-6-7-18-15(17)8-12)19-14(9-20)11-2-4-13(16)5-3-11/h2-8,10,14,19-20H,9H2,1H3. The van der Waals surface area contributed by atoms with Crippen molar-refractivity contribution in [2.75, 3.05) is 6.61 Å². The highest BCUT2D eigenvalue weighted by Gasteiger charge is 2.15. The first kappa shape index (κ1) is 15.3. The normalized spacial score (nSPS) is 14.0. The summed E-state index contributed by atoms with van der Waals surface area (Å²) in [7, 11) is 0. The lowest BCUT2D eigenvalue weighted by molar-refractivity contribution is 0.235. The van der Waals surface area contributed by atoms with Crippen molar-refractivity contribution in [1.29, 1.82) is 0 Å². The summed E-state index contributed by atoms with van der Waals surface area (Å²) in [5.74, 6) is 0.